The molecule has 1 aromatic rings. The number of carbonyl (C=O) groups excluding carboxylic acids is 1. The van der Waals surface area contributed by atoms with Gasteiger partial charge >= 0.3 is 0 Å². The fraction of sp³-hybridized carbons (Fsp3) is 0.467. The zero-order valence-electron chi connectivity index (χ0n) is 12.7. The summed E-state index contributed by atoms with van der Waals surface area (Å²) < 4.78 is 0. The lowest BCUT2D eigenvalue weighted by atomic mass is 10.2. The molecule has 1 rings (SSSR count). The molecule has 0 radical (unpaired) electrons. The summed E-state index contributed by atoms with van der Waals surface area (Å²) >= 11 is 6.09. The molecule has 0 saturated carbocycles. The van der Waals surface area contributed by atoms with E-state index >= 15 is 0 Å². The summed E-state index contributed by atoms with van der Waals surface area (Å²) in [5.74, 6) is 0.673. The van der Waals surface area contributed by atoms with Crippen molar-refractivity contribution in [2.45, 2.75) is 32.9 Å². The van der Waals surface area contributed by atoms with Gasteiger partial charge in [0.25, 0.3) is 0 Å². The summed E-state index contributed by atoms with van der Waals surface area (Å²) in [7, 11) is 1.69. The number of nitrogens with one attached hydrogen (secondary N) is 3. The second-order valence-electron chi connectivity index (χ2n) is 4.92. The van der Waals surface area contributed by atoms with Crippen LogP contribution in [0.1, 0.15) is 25.8 Å². The molecule has 3 N–H and O–H groups in total. The van der Waals surface area contributed by atoms with Gasteiger partial charge < -0.3 is 16.0 Å². The Kier molecular flexibility index (Phi) is 7.61. The predicted octanol–water partition coefficient (Wildman–Crippen LogP) is 1.92. The van der Waals surface area contributed by atoms with Crippen LogP contribution in [0.4, 0.5) is 0 Å². The van der Waals surface area contributed by atoms with Gasteiger partial charge in [-0.25, -0.2) is 0 Å². The minimum absolute atomic E-state index is 0.0269. The number of guanidine groups is 1. The number of aliphatic imine (C=N–C) groups is 1. The Hall–Kier alpha value is -1.75. The van der Waals surface area contributed by atoms with Gasteiger partial charge in [0.05, 0.1) is 0 Å². The molecule has 0 spiro atoms. The van der Waals surface area contributed by atoms with Crippen LogP contribution in [0, 0.1) is 0 Å². The molecular weight excluding hydrogens is 288 g/mol. The first-order valence-corrected chi connectivity index (χ1v) is 7.38. The minimum atomic E-state index is 0.0269. The first-order valence-electron chi connectivity index (χ1n) is 7.00. The van der Waals surface area contributed by atoms with Gasteiger partial charge in [0.2, 0.25) is 5.91 Å². The summed E-state index contributed by atoms with van der Waals surface area (Å²) in [6, 6.07) is 7.81. The van der Waals surface area contributed by atoms with Gasteiger partial charge in [-0.1, -0.05) is 29.8 Å². The number of carbonyl (C=O) groups is 1. The SMILES string of the molecule is CN=C(NCCC(=O)NC(C)C)NCc1ccccc1Cl. The molecule has 0 atom stereocenters. The molecule has 5 nitrogen and oxygen atoms in total. The maximum Gasteiger partial charge on any atom is 0.221 e. The standard InChI is InChI=1S/C15H23ClN4O/c1-11(2)20-14(21)8-9-18-15(17-3)19-10-12-6-4-5-7-13(12)16/h4-7,11H,8-10H2,1-3H3,(H,20,21)(H2,17,18,19). The van der Waals surface area contributed by atoms with Crippen LogP contribution in [0.2, 0.25) is 5.02 Å². The third-order valence-electron chi connectivity index (χ3n) is 2.72. The van der Waals surface area contributed by atoms with E-state index in [2.05, 4.69) is 20.9 Å². The zero-order valence-corrected chi connectivity index (χ0v) is 13.5. The van der Waals surface area contributed by atoms with Gasteiger partial charge in [-0.05, 0) is 25.5 Å². The van der Waals surface area contributed by atoms with Crippen molar-refractivity contribution in [1.29, 1.82) is 0 Å². The summed E-state index contributed by atoms with van der Waals surface area (Å²) in [6.07, 6.45) is 0.408. The molecule has 0 aliphatic heterocycles. The lowest BCUT2D eigenvalue weighted by Crippen LogP contribution is -2.39. The van der Waals surface area contributed by atoms with E-state index in [9.17, 15) is 4.79 Å². The first-order chi connectivity index (χ1) is 10.0. The highest BCUT2D eigenvalue weighted by molar-refractivity contribution is 6.31. The van der Waals surface area contributed by atoms with E-state index in [1.807, 2.05) is 38.1 Å². The number of hydrogen-bond acceptors (Lipinski definition) is 2. The average Bonchev–Trinajstić information content (AvgIpc) is 2.43. The highest BCUT2D eigenvalue weighted by atomic mass is 35.5. The smallest absolute Gasteiger partial charge is 0.221 e. The van der Waals surface area contributed by atoms with Gasteiger partial charge in [-0.15, -0.1) is 0 Å². The third kappa shape index (κ3) is 6.99. The van der Waals surface area contributed by atoms with E-state index in [-0.39, 0.29) is 11.9 Å². The van der Waals surface area contributed by atoms with Gasteiger partial charge in [-0.3, -0.25) is 9.79 Å². The normalized spacial score (nSPS) is 11.4. The Balaban J connectivity index is 2.33. The first kappa shape index (κ1) is 17.3. The molecule has 0 aromatic heterocycles. The van der Waals surface area contributed by atoms with Gasteiger partial charge in [0.15, 0.2) is 5.96 Å². The van der Waals surface area contributed by atoms with Crippen LogP contribution in [-0.2, 0) is 11.3 Å². The van der Waals surface area contributed by atoms with E-state index in [0.29, 0.717) is 25.5 Å². The van der Waals surface area contributed by atoms with Crippen molar-refractivity contribution in [3.8, 4) is 0 Å². The van der Waals surface area contributed by atoms with E-state index in [1.165, 1.54) is 0 Å². The van der Waals surface area contributed by atoms with Crippen molar-refractivity contribution >= 4 is 23.5 Å². The quantitative estimate of drug-likeness (QED) is 0.555. The summed E-state index contributed by atoms with van der Waals surface area (Å²) in [6.45, 7) is 4.99. The maximum absolute atomic E-state index is 11.5. The Morgan fingerprint density at radius 1 is 1.29 bits per heavy atom. The molecule has 0 aliphatic rings. The highest BCUT2D eigenvalue weighted by Crippen LogP contribution is 2.14. The van der Waals surface area contributed by atoms with E-state index in [1.54, 1.807) is 7.05 Å². The van der Waals surface area contributed by atoms with Gasteiger partial charge in [0.1, 0.15) is 0 Å². The van der Waals surface area contributed by atoms with Gasteiger partial charge in [-0.2, -0.15) is 0 Å². The van der Waals surface area contributed by atoms with E-state index in [4.69, 9.17) is 11.6 Å². The lowest BCUT2D eigenvalue weighted by Gasteiger charge is -2.13. The monoisotopic (exact) mass is 310 g/mol. The lowest BCUT2D eigenvalue weighted by molar-refractivity contribution is -0.121. The Labute approximate surface area is 131 Å². The Morgan fingerprint density at radius 2 is 2.00 bits per heavy atom. The molecule has 21 heavy (non-hydrogen) atoms. The summed E-state index contributed by atoms with van der Waals surface area (Å²) in [5.41, 5.74) is 1.000. The molecule has 6 heteroatoms. The Morgan fingerprint density at radius 3 is 2.62 bits per heavy atom. The fourth-order valence-electron chi connectivity index (χ4n) is 1.73. The van der Waals surface area contributed by atoms with Gasteiger partial charge in [0, 0.05) is 37.6 Å². The number of rotatable bonds is 6. The zero-order chi connectivity index (χ0) is 15.7. The van der Waals surface area contributed by atoms with Crippen molar-refractivity contribution in [3.05, 3.63) is 34.9 Å². The fourth-order valence-corrected chi connectivity index (χ4v) is 1.93. The van der Waals surface area contributed by atoms with Crippen LogP contribution < -0.4 is 16.0 Å². The Bertz CT molecular complexity index is 488. The molecule has 116 valence electrons. The second kappa shape index (κ2) is 9.23. The van der Waals surface area contributed by atoms with Crippen molar-refractivity contribution in [2.75, 3.05) is 13.6 Å². The molecule has 0 heterocycles. The largest absolute Gasteiger partial charge is 0.356 e. The molecule has 1 aromatic carbocycles. The highest BCUT2D eigenvalue weighted by Gasteiger charge is 2.04. The second-order valence-corrected chi connectivity index (χ2v) is 5.32. The van der Waals surface area contributed by atoms with E-state index in [0.717, 1.165) is 10.6 Å². The predicted molar refractivity (Wildman–Crippen MR) is 87.5 cm³/mol. The number of halogens is 1. The molecule has 1 amide bonds. The maximum atomic E-state index is 11.5. The minimum Gasteiger partial charge on any atom is -0.356 e. The number of hydrogen-bond donors (Lipinski definition) is 3. The molecule has 0 fully saturated rings. The molecular formula is C15H23ClN4O. The summed E-state index contributed by atoms with van der Waals surface area (Å²) in [5, 5.41) is 9.82. The molecule has 0 bridgehead atoms. The molecule has 0 aliphatic carbocycles. The van der Waals surface area contributed by atoms with Crippen LogP contribution in [0.15, 0.2) is 29.3 Å². The molecule has 0 saturated heterocycles. The number of nitrogens with zero attached hydrogens (tertiary/aromatic N) is 1. The van der Waals surface area contributed by atoms with Crippen molar-refractivity contribution < 1.29 is 4.79 Å². The van der Waals surface area contributed by atoms with Crippen molar-refractivity contribution in [1.82, 2.24) is 16.0 Å². The van der Waals surface area contributed by atoms with Crippen molar-refractivity contribution in [3.63, 3.8) is 0 Å². The molecule has 0 unspecified atom stereocenters. The number of amides is 1. The van der Waals surface area contributed by atoms with Crippen LogP contribution in [0.3, 0.4) is 0 Å². The average molecular weight is 311 g/mol. The topological polar surface area (TPSA) is 65.5 Å². The summed E-state index contributed by atoms with van der Waals surface area (Å²) in [4.78, 5) is 15.6. The van der Waals surface area contributed by atoms with Crippen LogP contribution in [0.5, 0.6) is 0 Å². The van der Waals surface area contributed by atoms with E-state index < -0.39 is 0 Å². The van der Waals surface area contributed by atoms with Crippen LogP contribution in [-0.4, -0.2) is 31.5 Å². The third-order valence-corrected chi connectivity index (χ3v) is 3.09. The number of benzene rings is 1. The van der Waals surface area contributed by atoms with Crippen molar-refractivity contribution in [2.24, 2.45) is 4.99 Å². The van der Waals surface area contributed by atoms with Crippen LogP contribution >= 0.6 is 11.6 Å². The van der Waals surface area contributed by atoms with Crippen LogP contribution in [0.25, 0.3) is 0 Å².